The molecule has 1 atom stereocenters. The highest BCUT2D eigenvalue weighted by Gasteiger charge is 2.11. The fraction of sp³-hybridized carbons (Fsp3) is 0.562. The maximum atomic E-state index is 4.44. The molecule has 0 aliphatic heterocycles. The smallest absolute Gasteiger partial charge is 0.128 e. The van der Waals surface area contributed by atoms with Crippen LogP contribution < -0.4 is 5.32 Å². The van der Waals surface area contributed by atoms with Gasteiger partial charge in [0.1, 0.15) is 5.82 Å². The van der Waals surface area contributed by atoms with Crippen molar-refractivity contribution >= 4 is 0 Å². The fourth-order valence-corrected chi connectivity index (χ4v) is 2.63. The summed E-state index contributed by atoms with van der Waals surface area (Å²) in [7, 11) is 0. The molecule has 0 aliphatic rings. The van der Waals surface area contributed by atoms with Crippen LogP contribution in [0.1, 0.15) is 51.0 Å². The summed E-state index contributed by atoms with van der Waals surface area (Å²) in [5.74, 6) is 1.12. The predicted molar refractivity (Wildman–Crippen MR) is 82.8 cm³/mol. The van der Waals surface area contributed by atoms with Crippen LogP contribution in [0, 0.1) is 0 Å². The van der Waals surface area contributed by atoms with Gasteiger partial charge in [-0.15, -0.1) is 0 Å². The first-order valence-electron chi connectivity index (χ1n) is 7.67. The average molecular weight is 274 g/mol. The molecule has 4 nitrogen and oxygen atoms in total. The molecule has 1 N–H and O–H groups in total. The molecule has 1 unspecified atom stereocenters. The van der Waals surface area contributed by atoms with Crippen LogP contribution in [-0.4, -0.2) is 20.7 Å². The number of rotatable bonds is 8. The third-order valence-electron chi connectivity index (χ3n) is 3.67. The first-order valence-corrected chi connectivity index (χ1v) is 7.67. The lowest BCUT2D eigenvalue weighted by Crippen LogP contribution is -2.20. The Balaban J connectivity index is 2.08. The lowest BCUT2D eigenvalue weighted by atomic mass is 10.1. The average Bonchev–Trinajstić information content (AvgIpc) is 3.08. The van der Waals surface area contributed by atoms with E-state index in [0.717, 1.165) is 25.5 Å². The number of aryl methyl sites for hydroxylation is 1. The number of nitrogens with zero attached hydrogens (tertiary/aromatic N) is 3. The van der Waals surface area contributed by atoms with Crippen molar-refractivity contribution in [2.75, 3.05) is 6.54 Å². The van der Waals surface area contributed by atoms with E-state index >= 15 is 0 Å². The van der Waals surface area contributed by atoms with Crippen LogP contribution in [0.25, 0.3) is 0 Å². The summed E-state index contributed by atoms with van der Waals surface area (Å²) in [6.07, 6.45) is 10.7. The summed E-state index contributed by atoms with van der Waals surface area (Å²) >= 11 is 0. The van der Waals surface area contributed by atoms with E-state index in [1.165, 1.54) is 18.4 Å². The van der Waals surface area contributed by atoms with E-state index < -0.39 is 0 Å². The van der Waals surface area contributed by atoms with Gasteiger partial charge in [-0.3, -0.25) is 0 Å². The van der Waals surface area contributed by atoms with Gasteiger partial charge in [0.15, 0.2) is 0 Å². The van der Waals surface area contributed by atoms with Gasteiger partial charge in [-0.2, -0.15) is 0 Å². The largest absolute Gasteiger partial charge is 0.346 e. The number of aromatic nitrogens is 3. The molecule has 2 heterocycles. The summed E-state index contributed by atoms with van der Waals surface area (Å²) in [4.78, 5) is 4.44. The molecule has 0 amide bonds. The maximum Gasteiger partial charge on any atom is 0.128 e. The van der Waals surface area contributed by atoms with Gasteiger partial charge in [-0.05, 0) is 31.5 Å². The summed E-state index contributed by atoms with van der Waals surface area (Å²) in [6, 6.07) is 2.69. The van der Waals surface area contributed by atoms with E-state index in [4.69, 9.17) is 0 Å². The van der Waals surface area contributed by atoms with Gasteiger partial charge in [0.05, 0.1) is 6.54 Å². The molecule has 0 radical (unpaired) electrons. The van der Waals surface area contributed by atoms with Gasteiger partial charge >= 0.3 is 0 Å². The monoisotopic (exact) mass is 274 g/mol. The molecule has 0 fully saturated rings. The Morgan fingerprint density at radius 1 is 1.25 bits per heavy atom. The van der Waals surface area contributed by atoms with Crippen LogP contribution in [0.5, 0.6) is 0 Å². The minimum absolute atomic E-state index is 0.470. The molecule has 2 rings (SSSR count). The van der Waals surface area contributed by atoms with Crippen molar-refractivity contribution in [2.45, 2.75) is 52.7 Å². The number of hydrogen-bond donors (Lipinski definition) is 1. The van der Waals surface area contributed by atoms with Gasteiger partial charge in [0.25, 0.3) is 0 Å². The van der Waals surface area contributed by atoms with Crippen molar-refractivity contribution in [2.24, 2.45) is 0 Å². The van der Waals surface area contributed by atoms with Gasteiger partial charge in [0.2, 0.25) is 0 Å². The van der Waals surface area contributed by atoms with Gasteiger partial charge in [0, 0.05) is 37.4 Å². The van der Waals surface area contributed by atoms with Crippen molar-refractivity contribution in [1.29, 1.82) is 0 Å². The zero-order valence-electron chi connectivity index (χ0n) is 12.8. The number of imidazole rings is 1. The summed E-state index contributed by atoms with van der Waals surface area (Å²) < 4.78 is 4.41. The Kier molecular flexibility index (Phi) is 5.41. The molecule has 0 spiro atoms. The van der Waals surface area contributed by atoms with E-state index in [1.54, 1.807) is 0 Å². The molecule has 0 saturated carbocycles. The lowest BCUT2D eigenvalue weighted by Gasteiger charge is -2.15. The van der Waals surface area contributed by atoms with Gasteiger partial charge < -0.3 is 14.5 Å². The quantitative estimate of drug-likeness (QED) is 0.802. The second-order valence-electron chi connectivity index (χ2n) is 5.15. The van der Waals surface area contributed by atoms with Crippen molar-refractivity contribution in [3.05, 3.63) is 42.2 Å². The normalized spacial score (nSPS) is 12.8. The first-order chi connectivity index (χ1) is 9.78. The molecule has 0 aliphatic carbocycles. The van der Waals surface area contributed by atoms with Gasteiger partial charge in [-0.25, -0.2) is 4.98 Å². The highest BCUT2D eigenvalue weighted by molar-refractivity contribution is 5.16. The second kappa shape index (κ2) is 7.29. The van der Waals surface area contributed by atoms with E-state index in [1.807, 2.05) is 12.4 Å². The van der Waals surface area contributed by atoms with Crippen LogP contribution in [-0.2, 0) is 13.1 Å². The standard InChI is InChI=1S/C16H26N4/c1-4-7-15(17-5-2)14-8-10-19(12-14)13-16-18-9-11-20(16)6-3/h8-12,15,17H,4-7,13H2,1-3H3. The molecule has 0 saturated heterocycles. The molecular weight excluding hydrogens is 248 g/mol. The van der Waals surface area contributed by atoms with Crippen LogP contribution in [0.4, 0.5) is 0 Å². The van der Waals surface area contributed by atoms with Crippen LogP contribution in [0.3, 0.4) is 0 Å². The third kappa shape index (κ3) is 3.51. The van der Waals surface area contributed by atoms with Crippen LogP contribution in [0.15, 0.2) is 30.9 Å². The third-order valence-corrected chi connectivity index (χ3v) is 3.67. The molecule has 110 valence electrons. The van der Waals surface area contributed by atoms with Crippen LogP contribution in [0.2, 0.25) is 0 Å². The molecule has 20 heavy (non-hydrogen) atoms. The fourth-order valence-electron chi connectivity index (χ4n) is 2.63. The summed E-state index contributed by atoms with van der Waals surface area (Å²) in [5.41, 5.74) is 1.38. The number of hydrogen-bond acceptors (Lipinski definition) is 2. The Morgan fingerprint density at radius 3 is 2.80 bits per heavy atom. The van der Waals surface area contributed by atoms with Crippen molar-refractivity contribution in [3.8, 4) is 0 Å². The Morgan fingerprint density at radius 2 is 2.10 bits per heavy atom. The minimum Gasteiger partial charge on any atom is -0.346 e. The predicted octanol–water partition coefficient (Wildman–Crippen LogP) is 3.20. The number of nitrogens with one attached hydrogen (secondary N) is 1. The minimum atomic E-state index is 0.470. The highest BCUT2D eigenvalue weighted by Crippen LogP contribution is 2.19. The van der Waals surface area contributed by atoms with E-state index in [-0.39, 0.29) is 0 Å². The zero-order valence-corrected chi connectivity index (χ0v) is 12.8. The molecule has 4 heteroatoms. The molecular formula is C16H26N4. The Labute approximate surface area is 121 Å². The summed E-state index contributed by atoms with van der Waals surface area (Å²) in [6.45, 7) is 9.37. The Bertz CT molecular complexity index is 506. The van der Waals surface area contributed by atoms with Crippen LogP contribution >= 0.6 is 0 Å². The van der Waals surface area contributed by atoms with E-state index in [9.17, 15) is 0 Å². The van der Waals surface area contributed by atoms with E-state index in [2.05, 4.69) is 58.7 Å². The molecule has 2 aromatic heterocycles. The second-order valence-corrected chi connectivity index (χ2v) is 5.15. The first kappa shape index (κ1) is 14.9. The zero-order chi connectivity index (χ0) is 14.4. The SMILES string of the molecule is CCCC(NCC)c1ccn(Cc2nccn2CC)c1. The van der Waals surface area contributed by atoms with E-state index in [0.29, 0.717) is 6.04 Å². The Hall–Kier alpha value is -1.55. The molecule has 2 aromatic rings. The molecule has 0 bridgehead atoms. The summed E-state index contributed by atoms with van der Waals surface area (Å²) in [5, 5.41) is 3.56. The highest BCUT2D eigenvalue weighted by atomic mass is 15.1. The maximum absolute atomic E-state index is 4.44. The topological polar surface area (TPSA) is 34.8 Å². The van der Waals surface area contributed by atoms with Gasteiger partial charge in [-0.1, -0.05) is 20.3 Å². The van der Waals surface area contributed by atoms with Crippen molar-refractivity contribution in [1.82, 2.24) is 19.4 Å². The molecule has 0 aromatic carbocycles. The van der Waals surface area contributed by atoms with Crippen molar-refractivity contribution < 1.29 is 0 Å². The lowest BCUT2D eigenvalue weighted by molar-refractivity contribution is 0.508. The van der Waals surface area contributed by atoms with Crippen molar-refractivity contribution in [3.63, 3.8) is 0 Å².